The molecule has 0 aromatic heterocycles. The lowest BCUT2D eigenvalue weighted by Gasteiger charge is -2.22. The highest BCUT2D eigenvalue weighted by Gasteiger charge is 2.19. The SMILES string of the molecule is CCC(CCN=Cc1ccccc1C)S[Si](C)(C)C. The van der Waals surface area contributed by atoms with E-state index in [4.69, 9.17) is 0 Å². The summed E-state index contributed by atoms with van der Waals surface area (Å²) in [7, 11) is -1.01. The molecule has 1 unspecified atom stereocenters. The van der Waals surface area contributed by atoms with Crippen molar-refractivity contribution in [2.75, 3.05) is 6.54 Å². The Bertz CT molecular complexity index is 409. The fourth-order valence-electron chi connectivity index (χ4n) is 1.96. The van der Waals surface area contributed by atoms with Crippen LogP contribution >= 0.6 is 11.2 Å². The molecule has 0 aliphatic rings. The predicted molar refractivity (Wildman–Crippen MR) is 93.3 cm³/mol. The lowest BCUT2D eigenvalue weighted by molar-refractivity contribution is 0.750. The molecule has 0 fully saturated rings. The second-order valence-electron chi connectivity index (χ2n) is 5.94. The smallest absolute Gasteiger partial charge is 0.108 e. The molecule has 1 aromatic carbocycles. The summed E-state index contributed by atoms with van der Waals surface area (Å²) >= 11 is 2.22. The maximum atomic E-state index is 4.60. The highest BCUT2D eigenvalue weighted by Crippen LogP contribution is 2.28. The minimum atomic E-state index is -1.01. The highest BCUT2D eigenvalue weighted by molar-refractivity contribution is 8.29. The second kappa shape index (κ2) is 7.90. The number of hydrogen-bond acceptors (Lipinski definition) is 2. The Morgan fingerprint density at radius 1 is 1.26 bits per heavy atom. The van der Waals surface area contributed by atoms with Crippen LogP contribution in [0.5, 0.6) is 0 Å². The molecule has 3 heteroatoms. The van der Waals surface area contributed by atoms with Gasteiger partial charge in [0.15, 0.2) is 0 Å². The summed E-state index contributed by atoms with van der Waals surface area (Å²) in [5.41, 5.74) is 2.54. The predicted octanol–water partition coefficient (Wildman–Crippen LogP) is 5.15. The van der Waals surface area contributed by atoms with Crippen LogP contribution in [0.3, 0.4) is 0 Å². The van der Waals surface area contributed by atoms with Crippen molar-refractivity contribution in [2.24, 2.45) is 4.99 Å². The Kier molecular flexibility index (Phi) is 6.87. The van der Waals surface area contributed by atoms with Crippen molar-refractivity contribution in [1.29, 1.82) is 0 Å². The largest absolute Gasteiger partial charge is 0.293 e. The zero-order valence-electron chi connectivity index (χ0n) is 12.9. The standard InChI is InChI=1S/C16H27NSSi/c1-6-16(18-19(3,4)5)11-12-17-13-15-10-8-7-9-14(15)2/h7-10,13,16H,6,11-12H2,1-5H3. The number of benzene rings is 1. The van der Waals surface area contributed by atoms with Crippen molar-refractivity contribution in [3.05, 3.63) is 35.4 Å². The van der Waals surface area contributed by atoms with Gasteiger partial charge in [0.25, 0.3) is 0 Å². The molecule has 1 atom stereocenters. The maximum absolute atomic E-state index is 4.60. The fraction of sp³-hybridized carbons (Fsp3) is 0.562. The van der Waals surface area contributed by atoms with Crippen LogP contribution in [0.1, 0.15) is 30.9 Å². The molecule has 0 saturated carbocycles. The van der Waals surface area contributed by atoms with Crippen LogP contribution in [0, 0.1) is 6.92 Å². The van der Waals surface area contributed by atoms with Crippen LogP contribution < -0.4 is 0 Å². The van der Waals surface area contributed by atoms with Gasteiger partial charge in [-0.15, -0.1) is 0 Å². The molecule has 1 rings (SSSR count). The summed E-state index contributed by atoms with van der Waals surface area (Å²) in [6.45, 7) is 12.7. The Labute approximate surface area is 123 Å². The van der Waals surface area contributed by atoms with Crippen molar-refractivity contribution < 1.29 is 0 Å². The van der Waals surface area contributed by atoms with E-state index >= 15 is 0 Å². The molecule has 0 N–H and O–H groups in total. The summed E-state index contributed by atoms with van der Waals surface area (Å²) in [4.78, 5) is 4.60. The van der Waals surface area contributed by atoms with Gasteiger partial charge >= 0.3 is 0 Å². The third kappa shape index (κ3) is 6.97. The van der Waals surface area contributed by atoms with Crippen molar-refractivity contribution in [1.82, 2.24) is 0 Å². The van der Waals surface area contributed by atoms with Gasteiger partial charge in [-0.05, 0) is 30.9 Å². The van der Waals surface area contributed by atoms with Crippen LogP contribution in [0.4, 0.5) is 0 Å². The van der Waals surface area contributed by atoms with Gasteiger partial charge in [0.05, 0.1) is 0 Å². The van der Waals surface area contributed by atoms with Crippen molar-refractivity contribution in [2.45, 2.75) is 51.6 Å². The molecule has 106 valence electrons. The third-order valence-electron chi connectivity index (χ3n) is 2.97. The van der Waals surface area contributed by atoms with Crippen LogP contribution in [0.25, 0.3) is 0 Å². The first kappa shape index (κ1) is 16.5. The summed E-state index contributed by atoms with van der Waals surface area (Å²) in [5, 5.41) is 0.778. The minimum Gasteiger partial charge on any atom is -0.293 e. The van der Waals surface area contributed by atoms with Gasteiger partial charge in [0, 0.05) is 18.0 Å². The second-order valence-corrected chi connectivity index (χ2v) is 15.4. The Morgan fingerprint density at radius 3 is 2.53 bits per heavy atom. The highest BCUT2D eigenvalue weighted by atomic mass is 32.4. The Morgan fingerprint density at radius 2 is 1.95 bits per heavy atom. The van der Waals surface area contributed by atoms with Gasteiger partial charge in [-0.2, -0.15) is 11.2 Å². The first-order valence-electron chi connectivity index (χ1n) is 7.15. The molecule has 0 aliphatic heterocycles. The first-order chi connectivity index (χ1) is 8.92. The number of aliphatic imine (C=N–C) groups is 1. The van der Waals surface area contributed by atoms with E-state index < -0.39 is 7.22 Å². The molecule has 0 aliphatic carbocycles. The number of rotatable bonds is 7. The molecule has 0 amide bonds. The zero-order valence-corrected chi connectivity index (χ0v) is 14.8. The van der Waals surface area contributed by atoms with E-state index in [0.717, 1.165) is 11.8 Å². The van der Waals surface area contributed by atoms with Crippen LogP contribution in [0.15, 0.2) is 29.3 Å². The van der Waals surface area contributed by atoms with E-state index in [-0.39, 0.29) is 0 Å². The minimum absolute atomic E-state index is 0.778. The van der Waals surface area contributed by atoms with E-state index in [9.17, 15) is 0 Å². The quantitative estimate of drug-likeness (QED) is 0.500. The molecule has 1 nitrogen and oxygen atoms in total. The van der Waals surface area contributed by atoms with Gasteiger partial charge < -0.3 is 0 Å². The molecular formula is C16H27NSSi. The van der Waals surface area contributed by atoms with E-state index in [1.54, 1.807) is 0 Å². The molecule has 0 heterocycles. The zero-order chi connectivity index (χ0) is 14.3. The van der Waals surface area contributed by atoms with E-state index in [1.807, 2.05) is 6.21 Å². The summed E-state index contributed by atoms with van der Waals surface area (Å²) in [6, 6.07) is 8.42. The van der Waals surface area contributed by atoms with Gasteiger partial charge in [0.2, 0.25) is 0 Å². The monoisotopic (exact) mass is 293 g/mol. The van der Waals surface area contributed by atoms with E-state index in [0.29, 0.717) is 0 Å². The van der Waals surface area contributed by atoms with Gasteiger partial charge in [-0.1, -0.05) is 50.8 Å². The average Bonchev–Trinajstić information content (AvgIpc) is 2.33. The van der Waals surface area contributed by atoms with Crippen molar-refractivity contribution in [3.8, 4) is 0 Å². The van der Waals surface area contributed by atoms with Crippen LogP contribution in [0.2, 0.25) is 19.6 Å². The molecular weight excluding hydrogens is 266 g/mol. The summed E-state index contributed by atoms with van der Waals surface area (Å²) in [5.74, 6) is 0. The van der Waals surface area contributed by atoms with Gasteiger partial charge in [0.1, 0.15) is 7.22 Å². The van der Waals surface area contributed by atoms with Gasteiger partial charge in [-0.25, -0.2) is 0 Å². The summed E-state index contributed by atoms with van der Waals surface area (Å²) < 4.78 is 0. The number of aryl methyl sites for hydroxylation is 1. The maximum Gasteiger partial charge on any atom is 0.108 e. The van der Waals surface area contributed by atoms with Crippen LogP contribution in [-0.2, 0) is 0 Å². The summed E-state index contributed by atoms with van der Waals surface area (Å²) in [6.07, 6.45) is 4.49. The van der Waals surface area contributed by atoms with E-state index in [2.05, 4.69) is 74.0 Å². The lowest BCUT2D eigenvalue weighted by Crippen LogP contribution is -2.20. The Balaban J connectivity index is 2.42. The molecule has 0 radical (unpaired) electrons. The normalized spacial score (nSPS) is 13.9. The van der Waals surface area contributed by atoms with Crippen molar-refractivity contribution in [3.63, 3.8) is 0 Å². The fourth-order valence-corrected chi connectivity index (χ4v) is 7.20. The molecule has 1 aromatic rings. The van der Waals surface area contributed by atoms with Crippen molar-refractivity contribution >= 4 is 24.6 Å². The topological polar surface area (TPSA) is 12.4 Å². The van der Waals surface area contributed by atoms with Crippen LogP contribution in [-0.4, -0.2) is 25.2 Å². The molecule has 0 saturated heterocycles. The number of nitrogens with zero attached hydrogens (tertiary/aromatic N) is 1. The molecule has 19 heavy (non-hydrogen) atoms. The molecule has 0 bridgehead atoms. The number of hydrogen-bond donors (Lipinski definition) is 0. The van der Waals surface area contributed by atoms with E-state index in [1.165, 1.54) is 24.0 Å². The average molecular weight is 294 g/mol. The first-order valence-corrected chi connectivity index (χ1v) is 12.3. The molecule has 0 spiro atoms. The lowest BCUT2D eigenvalue weighted by atomic mass is 10.1. The Hall–Kier alpha value is -0.543. The van der Waals surface area contributed by atoms with Gasteiger partial charge in [-0.3, -0.25) is 4.99 Å². The third-order valence-corrected chi connectivity index (χ3v) is 7.71.